The van der Waals surface area contributed by atoms with Crippen LogP contribution in [-0.2, 0) is 11.0 Å². The summed E-state index contributed by atoms with van der Waals surface area (Å²) in [7, 11) is 0. The molecule has 0 aromatic heterocycles. The van der Waals surface area contributed by atoms with Gasteiger partial charge < -0.3 is 10.4 Å². The molecule has 1 aliphatic carbocycles. The van der Waals surface area contributed by atoms with Crippen molar-refractivity contribution in [1.29, 1.82) is 5.26 Å². The number of anilines is 1. The van der Waals surface area contributed by atoms with Gasteiger partial charge in [0.25, 0.3) is 0 Å². The summed E-state index contributed by atoms with van der Waals surface area (Å²) in [5, 5.41) is 20.5. The molecule has 106 valence electrons. The smallest absolute Gasteiger partial charge is 0.417 e. The molecule has 0 unspecified atom stereocenters. The first-order chi connectivity index (χ1) is 9.28. The molecule has 7 heteroatoms. The zero-order valence-electron chi connectivity index (χ0n) is 10.3. The second-order valence-corrected chi connectivity index (χ2v) is 4.81. The van der Waals surface area contributed by atoms with E-state index in [0.29, 0.717) is 18.5 Å². The predicted octanol–water partition coefficient (Wildman–Crippen LogP) is 2.85. The first-order valence-corrected chi connectivity index (χ1v) is 5.87. The zero-order valence-corrected chi connectivity index (χ0v) is 10.3. The predicted molar refractivity (Wildman–Crippen MR) is 64.0 cm³/mol. The van der Waals surface area contributed by atoms with Gasteiger partial charge in [-0.1, -0.05) is 0 Å². The van der Waals surface area contributed by atoms with Crippen LogP contribution in [0.15, 0.2) is 18.2 Å². The van der Waals surface area contributed by atoms with Gasteiger partial charge in [-0.2, -0.15) is 18.4 Å². The maximum absolute atomic E-state index is 12.6. The number of alkyl halides is 3. The number of hydrogen-bond acceptors (Lipinski definition) is 3. The Morgan fingerprint density at radius 1 is 1.45 bits per heavy atom. The SMILES string of the molecule is N#Cc1cc(NCC2(C(=O)O)CC2)ccc1C(F)(F)F. The van der Waals surface area contributed by atoms with Gasteiger partial charge in [-0.3, -0.25) is 4.79 Å². The number of benzene rings is 1. The third-order valence-electron chi connectivity index (χ3n) is 3.38. The molecule has 0 spiro atoms. The standard InChI is InChI=1S/C13H11F3N2O2/c14-13(15,16)10-2-1-9(5-8(10)6-17)18-7-12(3-4-12)11(19)20/h1-2,5,18H,3-4,7H2,(H,19,20). The lowest BCUT2D eigenvalue weighted by atomic mass is 10.1. The minimum Gasteiger partial charge on any atom is -0.481 e. The maximum Gasteiger partial charge on any atom is 0.417 e. The van der Waals surface area contributed by atoms with Gasteiger partial charge in [0.15, 0.2) is 0 Å². The van der Waals surface area contributed by atoms with E-state index in [-0.39, 0.29) is 6.54 Å². The van der Waals surface area contributed by atoms with E-state index >= 15 is 0 Å². The quantitative estimate of drug-likeness (QED) is 0.891. The first-order valence-electron chi connectivity index (χ1n) is 5.87. The highest BCUT2D eigenvalue weighted by atomic mass is 19.4. The van der Waals surface area contributed by atoms with E-state index in [9.17, 15) is 18.0 Å². The lowest BCUT2D eigenvalue weighted by Crippen LogP contribution is -2.24. The lowest BCUT2D eigenvalue weighted by molar-refractivity contribution is -0.142. The fourth-order valence-corrected chi connectivity index (χ4v) is 1.88. The Morgan fingerprint density at radius 2 is 2.10 bits per heavy atom. The number of nitriles is 1. The minimum atomic E-state index is -4.58. The van der Waals surface area contributed by atoms with Crippen LogP contribution < -0.4 is 5.32 Å². The molecule has 0 atom stereocenters. The molecule has 0 aliphatic heterocycles. The Morgan fingerprint density at radius 3 is 2.55 bits per heavy atom. The lowest BCUT2D eigenvalue weighted by Gasteiger charge is -2.14. The first kappa shape index (κ1) is 14.2. The molecule has 2 rings (SSSR count). The molecule has 1 saturated carbocycles. The van der Waals surface area contributed by atoms with E-state index in [1.54, 1.807) is 0 Å². The highest BCUT2D eigenvalue weighted by Crippen LogP contribution is 2.46. The van der Waals surface area contributed by atoms with Crippen molar-refractivity contribution in [3.63, 3.8) is 0 Å². The normalized spacial score (nSPS) is 16.3. The molecular weight excluding hydrogens is 273 g/mol. The Hall–Kier alpha value is -2.23. The van der Waals surface area contributed by atoms with E-state index in [2.05, 4.69) is 5.32 Å². The summed E-state index contributed by atoms with van der Waals surface area (Å²) >= 11 is 0. The Labute approximate surface area is 112 Å². The Kier molecular flexibility index (Phi) is 3.34. The van der Waals surface area contributed by atoms with Crippen LogP contribution in [-0.4, -0.2) is 17.6 Å². The van der Waals surface area contributed by atoms with Crippen LogP contribution in [0.4, 0.5) is 18.9 Å². The fraction of sp³-hybridized carbons (Fsp3) is 0.385. The molecule has 4 nitrogen and oxygen atoms in total. The fourth-order valence-electron chi connectivity index (χ4n) is 1.88. The van der Waals surface area contributed by atoms with Crippen LogP contribution in [0.2, 0.25) is 0 Å². The number of nitrogens with one attached hydrogen (secondary N) is 1. The molecule has 0 amide bonds. The van der Waals surface area contributed by atoms with Gasteiger partial charge in [-0.25, -0.2) is 0 Å². The largest absolute Gasteiger partial charge is 0.481 e. The molecule has 1 aliphatic rings. The molecule has 1 aromatic rings. The second kappa shape index (κ2) is 4.71. The molecule has 20 heavy (non-hydrogen) atoms. The van der Waals surface area contributed by atoms with Gasteiger partial charge in [0.05, 0.1) is 22.6 Å². The van der Waals surface area contributed by atoms with Crippen molar-refractivity contribution in [2.45, 2.75) is 19.0 Å². The third-order valence-corrected chi connectivity index (χ3v) is 3.38. The molecule has 2 N–H and O–H groups in total. The highest BCUT2D eigenvalue weighted by Gasteiger charge is 2.50. The van der Waals surface area contributed by atoms with Gasteiger partial charge in [0.1, 0.15) is 0 Å². The highest BCUT2D eigenvalue weighted by molar-refractivity contribution is 5.78. The van der Waals surface area contributed by atoms with E-state index in [4.69, 9.17) is 10.4 Å². The van der Waals surface area contributed by atoms with Crippen LogP contribution in [0.1, 0.15) is 24.0 Å². The molecular formula is C13H11F3N2O2. The van der Waals surface area contributed by atoms with Crippen molar-refractivity contribution in [3.8, 4) is 6.07 Å². The number of carbonyl (C=O) groups is 1. The molecule has 0 bridgehead atoms. The van der Waals surface area contributed by atoms with Crippen molar-refractivity contribution in [2.24, 2.45) is 5.41 Å². The topological polar surface area (TPSA) is 73.1 Å². The zero-order chi connectivity index (χ0) is 15.0. The van der Waals surface area contributed by atoms with Crippen molar-refractivity contribution in [2.75, 3.05) is 11.9 Å². The summed E-state index contributed by atoms with van der Waals surface area (Å²) in [6, 6.07) is 4.60. The van der Waals surface area contributed by atoms with Crippen LogP contribution in [0.3, 0.4) is 0 Å². The Bertz CT molecular complexity index is 586. The van der Waals surface area contributed by atoms with E-state index in [0.717, 1.165) is 12.1 Å². The number of rotatable bonds is 4. The van der Waals surface area contributed by atoms with E-state index in [1.807, 2.05) is 0 Å². The second-order valence-electron chi connectivity index (χ2n) is 4.81. The summed E-state index contributed by atoms with van der Waals surface area (Å²) in [4.78, 5) is 11.0. The molecule has 0 radical (unpaired) electrons. The van der Waals surface area contributed by atoms with Gasteiger partial charge in [0.2, 0.25) is 0 Å². The van der Waals surface area contributed by atoms with Crippen molar-refractivity contribution in [3.05, 3.63) is 29.3 Å². The van der Waals surface area contributed by atoms with Crippen molar-refractivity contribution >= 4 is 11.7 Å². The number of aliphatic carboxylic acids is 1. The molecule has 0 heterocycles. The molecule has 1 aromatic carbocycles. The number of halogens is 3. The molecule has 1 fully saturated rings. The van der Waals surface area contributed by atoms with Gasteiger partial charge in [0, 0.05) is 12.2 Å². The summed E-state index contributed by atoms with van der Waals surface area (Å²) in [5.41, 5.74) is -2.00. The van der Waals surface area contributed by atoms with Gasteiger partial charge in [-0.15, -0.1) is 0 Å². The monoisotopic (exact) mass is 284 g/mol. The summed E-state index contributed by atoms with van der Waals surface area (Å²) in [6.07, 6.45) is -3.50. The van der Waals surface area contributed by atoms with Crippen LogP contribution in [0.25, 0.3) is 0 Å². The van der Waals surface area contributed by atoms with E-state index < -0.39 is 28.7 Å². The van der Waals surface area contributed by atoms with Gasteiger partial charge >= 0.3 is 12.1 Å². The number of carboxylic acids is 1. The average Bonchev–Trinajstić information content (AvgIpc) is 3.16. The number of hydrogen-bond donors (Lipinski definition) is 2. The minimum absolute atomic E-state index is 0.137. The summed E-state index contributed by atoms with van der Waals surface area (Å²) < 4.78 is 37.8. The van der Waals surface area contributed by atoms with Crippen LogP contribution >= 0.6 is 0 Å². The van der Waals surface area contributed by atoms with Crippen molar-refractivity contribution in [1.82, 2.24) is 0 Å². The Balaban J connectivity index is 2.15. The van der Waals surface area contributed by atoms with Gasteiger partial charge in [-0.05, 0) is 31.0 Å². The summed E-state index contributed by atoms with van der Waals surface area (Å²) in [5.74, 6) is -0.919. The maximum atomic E-state index is 12.6. The number of carboxylic acid groups (broad SMARTS) is 1. The van der Waals surface area contributed by atoms with Crippen LogP contribution in [0, 0.1) is 16.7 Å². The average molecular weight is 284 g/mol. The summed E-state index contributed by atoms with van der Waals surface area (Å²) in [6.45, 7) is 0.137. The van der Waals surface area contributed by atoms with Crippen molar-refractivity contribution < 1.29 is 23.1 Å². The van der Waals surface area contributed by atoms with E-state index in [1.165, 1.54) is 12.1 Å². The third kappa shape index (κ3) is 2.69. The molecule has 0 saturated heterocycles. The number of nitrogens with zero attached hydrogens (tertiary/aromatic N) is 1. The van der Waals surface area contributed by atoms with Crippen LogP contribution in [0.5, 0.6) is 0 Å².